The van der Waals surface area contributed by atoms with Crippen molar-refractivity contribution in [2.24, 2.45) is 0 Å². The van der Waals surface area contributed by atoms with Crippen LogP contribution in [0, 0.1) is 0 Å². The molecule has 0 N–H and O–H groups in total. The molecule has 56 valence electrons. The van der Waals surface area contributed by atoms with E-state index in [1.165, 1.54) is 0 Å². The predicted molar refractivity (Wildman–Crippen MR) is 44.0 cm³/mol. The molecule has 0 saturated carbocycles. The van der Waals surface area contributed by atoms with E-state index in [1.807, 2.05) is 36.4 Å². The van der Waals surface area contributed by atoms with Crippen molar-refractivity contribution in [1.82, 2.24) is 0 Å². The van der Waals surface area contributed by atoms with E-state index in [1.54, 1.807) is 6.26 Å². The van der Waals surface area contributed by atoms with Gasteiger partial charge in [-0.25, -0.2) is 0 Å². The third kappa shape index (κ3) is 1.27. The summed E-state index contributed by atoms with van der Waals surface area (Å²) in [4.78, 5) is 0. The summed E-state index contributed by atoms with van der Waals surface area (Å²) in [5.74, 6) is 0. The summed E-state index contributed by atoms with van der Waals surface area (Å²) in [7, 11) is 0. The highest BCUT2D eigenvalue weighted by atomic mass is 16.5. The average Bonchev–Trinajstić information content (AvgIpc) is 2.55. The van der Waals surface area contributed by atoms with Crippen LogP contribution in [-0.2, 0) is 4.74 Å². The van der Waals surface area contributed by atoms with Gasteiger partial charge in [-0.1, -0.05) is 30.3 Å². The van der Waals surface area contributed by atoms with E-state index in [-0.39, 0.29) is 0 Å². The summed E-state index contributed by atoms with van der Waals surface area (Å²) in [6.07, 6.45) is 3.23. The van der Waals surface area contributed by atoms with Crippen LogP contribution in [0.5, 0.6) is 0 Å². The summed E-state index contributed by atoms with van der Waals surface area (Å²) in [6, 6.07) is 9.62. The molecule has 0 aromatic heterocycles. The minimum absolute atomic E-state index is 0.636. The summed E-state index contributed by atoms with van der Waals surface area (Å²) in [5.41, 5.74) is 0.912. The van der Waals surface area contributed by atoms with E-state index >= 15 is 0 Å². The van der Waals surface area contributed by atoms with Crippen molar-refractivity contribution in [3.63, 3.8) is 0 Å². The maximum absolute atomic E-state index is 7.94. The molecule has 1 nitrogen and oxygen atoms in total. The first-order chi connectivity index (χ1) is 5.81. The van der Waals surface area contributed by atoms with E-state index in [0.29, 0.717) is 6.42 Å². The van der Waals surface area contributed by atoms with Crippen LogP contribution in [0.15, 0.2) is 42.7 Å². The first kappa shape index (κ1) is 5.42. The highest BCUT2D eigenvalue weighted by Gasteiger charge is 2.12. The molecule has 1 aromatic rings. The van der Waals surface area contributed by atoms with Gasteiger partial charge in [-0.3, -0.25) is 0 Å². The fourth-order valence-corrected chi connectivity index (χ4v) is 1.14. The highest BCUT2D eigenvalue weighted by Crippen LogP contribution is 2.25. The highest BCUT2D eigenvalue weighted by molar-refractivity contribution is 5.19. The molecular formula is C10H10O. The fourth-order valence-electron chi connectivity index (χ4n) is 1.14. The van der Waals surface area contributed by atoms with Crippen molar-refractivity contribution < 1.29 is 6.11 Å². The third-order valence-electron chi connectivity index (χ3n) is 1.71. The number of hydrogen-bond donors (Lipinski definition) is 0. The van der Waals surface area contributed by atoms with Gasteiger partial charge in [0.25, 0.3) is 0 Å². The van der Waals surface area contributed by atoms with Gasteiger partial charge in [0, 0.05) is 6.42 Å². The van der Waals surface area contributed by atoms with E-state index < -0.39 is 6.08 Å². The lowest BCUT2D eigenvalue weighted by molar-refractivity contribution is 0.173. The Labute approximate surface area is 67.7 Å². The molecule has 1 heterocycles. The molecule has 0 radical (unpaired) electrons. The maximum atomic E-state index is 7.94. The molecule has 0 bridgehead atoms. The largest absolute Gasteiger partial charge is 0.493 e. The number of rotatable bonds is 1. The minimum Gasteiger partial charge on any atom is -0.493 e. The van der Waals surface area contributed by atoms with Gasteiger partial charge in [-0.05, 0) is 11.6 Å². The van der Waals surface area contributed by atoms with E-state index in [4.69, 9.17) is 6.11 Å². The molecule has 2 rings (SSSR count). The Bertz CT molecular complexity index is 284. The second kappa shape index (κ2) is 2.79. The van der Waals surface area contributed by atoms with Gasteiger partial charge in [-0.2, -0.15) is 0 Å². The lowest BCUT2D eigenvalue weighted by Gasteiger charge is -2.09. The Morgan fingerprint density at radius 3 is 2.82 bits per heavy atom. The molecule has 0 amide bonds. The van der Waals surface area contributed by atoms with Crippen LogP contribution in [0.25, 0.3) is 0 Å². The molecule has 1 aliphatic heterocycles. The third-order valence-corrected chi connectivity index (χ3v) is 1.71. The van der Waals surface area contributed by atoms with Gasteiger partial charge >= 0.3 is 0 Å². The SMILES string of the molecule is [2H][C@]1(c2ccccc2)CC=CO1. The molecule has 0 saturated heterocycles. The molecular weight excluding hydrogens is 136 g/mol. The monoisotopic (exact) mass is 147 g/mol. The Balaban J connectivity index is 2.31. The minimum atomic E-state index is -0.874. The zero-order valence-electron chi connectivity index (χ0n) is 7.16. The predicted octanol–water partition coefficient (Wildman–Crippen LogP) is 2.66. The second-order valence-corrected chi connectivity index (χ2v) is 2.48. The molecule has 0 unspecified atom stereocenters. The van der Waals surface area contributed by atoms with Crippen molar-refractivity contribution in [3.8, 4) is 0 Å². The smallest absolute Gasteiger partial charge is 0.126 e. The Morgan fingerprint density at radius 1 is 1.36 bits per heavy atom. The Hall–Kier alpha value is -1.24. The Morgan fingerprint density at radius 2 is 2.18 bits per heavy atom. The van der Waals surface area contributed by atoms with Crippen molar-refractivity contribution in [2.45, 2.75) is 12.5 Å². The van der Waals surface area contributed by atoms with Gasteiger partial charge in [0.2, 0.25) is 0 Å². The lowest BCUT2D eigenvalue weighted by atomic mass is 10.1. The quantitative estimate of drug-likeness (QED) is 0.593. The lowest BCUT2D eigenvalue weighted by Crippen LogP contribution is -1.93. The van der Waals surface area contributed by atoms with Crippen LogP contribution < -0.4 is 0 Å². The number of ether oxygens (including phenoxy) is 1. The van der Waals surface area contributed by atoms with E-state index in [9.17, 15) is 0 Å². The van der Waals surface area contributed by atoms with Gasteiger partial charge in [0.1, 0.15) is 6.08 Å². The standard InChI is InChI=1S/C10H10O/c1-2-5-9(6-3-1)10-7-4-8-11-10/h1-6,8,10H,7H2/t10-/m1/s1/i10D. The van der Waals surface area contributed by atoms with Crippen molar-refractivity contribution in [1.29, 1.82) is 0 Å². The van der Waals surface area contributed by atoms with Gasteiger partial charge in [0.15, 0.2) is 0 Å². The molecule has 0 aliphatic carbocycles. The topological polar surface area (TPSA) is 9.23 Å². The van der Waals surface area contributed by atoms with E-state index in [0.717, 1.165) is 5.56 Å². The van der Waals surface area contributed by atoms with Gasteiger partial charge in [-0.15, -0.1) is 0 Å². The molecule has 1 aromatic carbocycles. The number of hydrogen-bond acceptors (Lipinski definition) is 1. The molecule has 1 heteroatoms. The van der Waals surface area contributed by atoms with Crippen LogP contribution >= 0.6 is 0 Å². The summed E-state index contributed by atoms with van der Waals surface area (Å²) in [6.45, 7) is 0. The van der Waals surface area contributed by atoms with Crippen molar-refractivity contribution >= 4 is 0 Å². The molecule has 1 aliphatic rings. The molecule has 1 atom stereocenters. The fraction of sp³-hybridized carbons (Fsp3) is 0.200. The van der Waals surface area contributed by atoms with Crippen LogP contribution in [0.3, 0.4) is 0 Å². The molecule has 11 heavy (non-hydrogen) atoms. The van der Waals surface area contributed by atoms with Gasteiger partial charge < -0.3 is 4.74 Å². The molecule has 0 fully saturated rings. The zero-order valence-corrected chi connectivity index (χ0v) is 6.16. The normalized spacial score (nSPS) is 29.6. The average molecular weight is 147 g/mol. The van der Waals surface area contributed by atoms with Crippen molar-refractivity contribution in [2.75, 3.05) is 0 Å². The van der Waals surface area contributed by atoms with Crippen LogP contribution in [0.2, 0.25) is 0 Å². The Kier molecular flexibility index (Phi) is 1.37. The van der Waals surface area contributed by atoms with Crippen LogP contribution in [0.4, 0.5) is 0 Å². The summed E-state index contributed by atoms with van der Waals surface area (Å²) >= 11 is 0. The summed E-state index contributed by atoms with van der Waals surface area (Å²) < 4.78 is 13.1. The van der Waals surface area contributed by atoms with Crippen LogP contribution in [0.1, 0.15) is 19.4 Å². The first-order valence-electron chi connectivity index (χ1n) is 4.20. The van der Waals surface area contributed by atoms with Gasteiger partial charge in [0.05, 0.1) is 7.63 Å². The molecule has 0 spiro atoms. The second-order valence-electron chi connectivity index (χ2n) is 2.48. The maximum Gasteiger partial charge on any atom is 0.126 e. The summed E-state index contributed by atoms with van der Waals surface area (Å²) in [5, 5.41) is 0. The first-order valence-corrected chi connectivity index (χ1v) is 3.70. The van der Waals surface area contributed by atoms with E-state index in [2.05, 4.69) is 0 Å². The van der Waals surface area contributed by atoms with Crippen LogP contribution in [-0.4, -0.2) is 0 Å². The number of benzene rings is 1. The van der Waals surface area contributed by atoms with Crippen molar-refractivity contribution in [3.05, 3.63) is 48.2 Å². The zero-order chi connectivity index (χ0) is 8.44.